The molecule has 0 saturated carbocycles. The van der Waals surface area contributed by atoms with Gasteiger partial charge in [-0.3, -0.25) is 4.79 Å². The van der Waals surface area contributed by atoms with Gasteiger partial charge in [0.1, 0.15) is 18.6 Å². The van der Waals surface area contributed by atoms with Crippen LogP contribution in [0.5, 0.6) is 5.75 Å². The molecule has 0 amide bonds. The Morgan fingerprint density at radius 1 is 1.24 bits per heavy atom. The number of aromatic nitrogens is 2. The minimum atomic E-state index is -1.84. The number of esters is 1. The summed E-state index contributed by atoms with van der Waals surface area (Å²) in [6.45, 7) is 4.25. The third-order valence-corrected chi connectivity index (χ3v) is 6.64. The van der Waals surface area contributed by atoms with Crippen molar-refractivity contribution < 1.29 is 24.2 Å². The van der Waals surface area contributed by atoms with Crippen LogP contribution in [-0.2, 0) is 39.5 Å². The van der Waals surface area contributed by atoms with Crippen molar-refractivity contribution in [3.05, 3.63) is 56.9 Å². The maximum Gasteiger partial charge on any atom is 0.343 e. The zero-order valence-corrected chi connectivity index (χ0v) is 18.5. The Bertz CT molecular complexity index is 1380. The summed E-state index contributed by atoms with van der Waals surface area (Å²) in [4.78, 5) is 41.1. The molecule has 0 bridgehead atoms. The summed E-state index contributed by atoms with van der Waals surface area (Å²) in [5, 5.41) is 12.0. The number of aliphatic hydroxyl groups is 1. The minimum absolute atomic E-state index is 0.104. The van der Waals surface area contributed by atoms with Crippen molar-refractivity contribution >= 4 is 23.2 Å². The number of carbonyl (C=O) groups excluding carboxylic acids is 2. The zero-order valence-electron chi connectivity index (χ0n) is 18.5. The van der Waals surface area contributed by atoms with Crippen molar-refractivity contribution in [1.29, 1.82) is 0 Å². The molecule has 8 heteroatoms. The third kappa shape index (κ3) is 3.08. The number of pyridine rings is 2. The van der Waals surface area contributed by atoms with Crippen LogP contribution < -0.4 is 10.3 Å². The van der Waals surface area contributed by atoms with E-state index in [0.29, 0.717) is 47.8 Å². The lowest BCUT2D eigenvalue weighted by Gasteiger charge is -2.31. The van der Waals surface area contributed by atoms with Gasteiger partial charge in [-0.15, -0.1) is 0 Å². The number of aryl methyl sites for hydroxylation is 1. The normalized spacial score (nSPS) is 18.5. The minimum Gasteiger partial charge on any atom is -0.493 e. The Kier molecular flexibility index (Phi) is 5.05. The van der Waals surface area contributed by atoms with Crippen molar-refractivity contribution in [1.82, 2.24) is 9.55 Å². The topological polar surface area (TPSA) is 108 Å². The highest BCUT2D eigenvalue weighted by Gasteiger charge is 2.45. The quantitative estimate of drug-likeness (QED) is 0.274. The average molecular weight is 448 g/mol. The van der Waals surface area contributed by atoms with Gasteiger partial charge in [-0.05, 0) is 42.7 Å². The molecule has 170 valence electrons. The molecule has 1 atom stereocenters. The molecule has 5 rings (SSSR count). The highest BCUT2D eigenvalue weighted by atomic mass is 16.6. The van der Waals surface area contributed by atoms with Crippen LogP contribution in [-0.4, -0.2) is 33.5 Å². The molecule has 0 radical (unpaired) electrons. The SMILES string of the molecule is CCc1c2c(nc3ccc(OCCC=O)cc13)-c1cc3c(c(=O)n1C2)COC(=O)[C@]3(O)CC. The summed E-state index contributed by atoms with van der Waals surface area (Å²) in [5.74, 6) is -0.0736. The first-order valence-corrected chi connectivity index (χ1v) is 11.1. The van der Waals surface area contributed by atoms with Gasteiger partial charge in [-0.25, -0.2) is 9.78 Å². The maximum absolute atomic E-state index is 13.4. The van der Waals surface area contributed by atoms with Gasteiger partial charge in [-0.2, -0.15) is 0 Å². The molecule has 0 saturated heterocycles. The smallest absolute Gasteiger partial charge is 0.343 e. The van der Waals surface area contributed by atoms with Gasteiger partial charge < -0.3 is 23.9 Å². The molecule has 0 spiro atoms. The second-order valence-corrected chi connectivity index (χ2v) is 8.36. The van der Waals surface area contributed by atoms with Crippen LogP contribution in [0, 0.1) is 0 Å². The van der Waals surface area contributed by atoms with Gasteiger partial charge in [0.2, 0.25) is 0 Å². The number of fused-ring (bicyclic) bond motifs is 5. The van der Waals surface area contributed by atoms with Crippen molar-refractivity contribution in [3.8, 4) is 17.1 Å². The van der Waals surface area contributed by atoms with Crippen molar-refractivity contribution in [2.75, 3.05) is 6.61 Å². The van der Waals surface area contributed by atoms with Crippen molar-refractivity contribution in [2.24, 2.45) is 0 Å². The van der Waals surface area contributed by atoms with Crippen molar-refractivity contribution in [2.45, 2.75) is 51.9 Å². The van der Waals surface area contributed by atoms with Crippen LogP contribution in [0.1, 0.15) is 48.9 Å². The van der Waals surface area contributed by atoms with Crippen LogP contribution in [0.3, 0.4) is 0 Å². The lowest BCUT2D eigenvalue weighted by atomic mass is 9.86. The standard InChI is InChI=1S/C25H24N2O6/c1-3-15-16-10-14(32-9-5-8-28)6-7-20(16)26-22-17(15)12-27-21(22)11-19-18(23(27)29)13-33-24(30)25(19,31)4-2/h6-8,10-11,31H,3-5,9,12-13H2,1-2H3/t25-/m0/s1. The Balaban J connectivity index is 1.70. The molecule has 33 heavy (non-hydrogen) atoms. The van der Waals surface area contributed by atoms with E-state index in [9.17, 15) is 19.5 Å². The van der Waals surface area contributed by atoms with Crippen LogP contribution >= 0.6 is 0 Å². The Labute approximate surface area is 189 Å². The number of carbonyl (C=O) groups is 2. The second-order valence-electron chi connectivity index (χ2n) is 8.36. The first kappa shape index (κ1) is 21.3. The molecule has 0 fully saturated rings. The van der Waals surface area contributed by atoms with Gasteiger partial charge >= 0.3 is 5.97 Å². The highest BCUT2D eigenvalue weighted by Crippen LogP contribution is 2.40. The number of hydrogen-bond donors (Lipinski definition) is 1. The van der Waals surface area contributed by atoms with E-state index in [1.54, 1.807) is 17.6 Å². The molecule has 2 aliphatic rings. The van der Waals surface area contributed by atoms with E-state index >= 15 is 0 Å². The summed E-state index contributed by atoms with van der Waals surface area (Å²) >= 11 is 0. The summed E-state index contributed by atoms with van der Waals surface area (Å²) in [7, 11) is 0. The predicted molar refractivity (Wildman–Crippen MR) is 120 cm³/mol. The lowest BCUT2D eigenvalue weighted by molar-refractivity contribution is -0.172. The molecule has 0 aliphatic carbocycles. The zero-order chi connectivity index (χ0) is 23.3. The number of rotatable bonds is 6. The van der Waals surface area contributed by atoms with Gasteiger partial charge in [-0.1, -0.05) is 13.8 Å². The molecule has 8 nitrogen and oxygen atoms in total. The first-order valence-electron chi connectivity index (χ1n) is 11.1. The lowest BCUT2D eigenvalue weighted by Crippen LogP contribution is -2.44. The summed E-state index contributed by atoms with van der Waals surface area (Å²) in [5.41, 5.74) is 2.55. The van der Waals surface area contributed by atoms with E-state index in [1.165, 1.54) is 0 Å². The largest absolute Gasteiger partial charge is 0.493 e. The van der Waals surface area contributed by atoms with Gasteiger partial charge in [0.05, 0.1) is 35.6 Å². The van der Waals surface area contributed by atoms with E-state index in [1.807, 2.05) is 25.1 Å². The van der Waals surface area contributed by atoms with Crippen LogP contribution in [0.2, 0.25) is 0 Å². The van der Waals surface area contributed by atoms with Crippen LogP contribution in [0.25, 0.3) is 22.3 Å². The van der Waals surface area contributed by atoms with Crippen LogP contribution in [0.15, 0.2) is 29.1 Å². The molecular formula is C25H24N2O6. The van der Waals surface area contributed by atoms with Crippen molar-refractivity contribution in [3.63, 3.8) is 0 Å². The average Bonchev–Trinajstić information content (AvgIpc) is 3.19. The van der Waals surface area contributed by atoms with Gasteiger partial charge in [0, 0.05) is 22.9 Å². The molecule has 2 aromatic heterocycles. The van der Waals surface area contributed by atoms with Gasteiger partial charge in [0.15, 0.2) is 5.60 Å². The fourth-order valence-corrected chi connectivity index (χ4v) is 4.86. The Morgan fingerprint density at radius 3 is 2.79 bits per heavy atom. The maximum atomic E-state index is 13.4. The van der Waals surface area contributed by atoms with E-state index in [-0.39, 0.29) is 18.6 Å². The Morgan fingerprint density at radius 2 is 2.06 bits per heavy atom. The third-order valence-electron chi connectivity index (χ3n) is 6.64. The number of aldehydes is 1. The summed E-state index contributed by atoms with van der Waals surface area (Å²) < 4.78 is 12.5. The molecule has 1 aromatic carbocycles. The number of cyclic esters (lactones) is 1. The predicted octanol–water partition coefficient (Wildman–Crippen LogP) is 2.61. The molecule has 0 unspecified atom stereocenters. The number of ether oxygens (including phenoxy) is 2. The van der Waals surface area contributed by atoms with E-state index in [4.69, 9.17) is 14.5 Å². The van der Waals surface area contributed by atoms with E-state index in [2.05, 4.69) is 0 Å². The number of benzene rings is 1. The monoisotopic (exact) mass is 448 g/mol. The highest BCUT2D eigenvalue weighted by molar-refractivity contribution is 5.90. The first-order chi connectivity index (χ1) is 15.9. The summed E-state index contributed by atoms with van der Waals surface area (Å²) in [6, 6.07) is 7.32. The molecular weight excluding hydrogens is 424 g/mol. The number of hydrogen-bond acceptors (Lipinski definition) is 7. The number of nitrogens with zero attached hydrogens (tertiary/aromatic N) is 2. The fraction of sp³-hybridized carbons (Fsp3) is 0.360. The molecule has 3 aromatic rings. The fourth-order valence-electron chi connectivity index (χ4n) is 4.86. The molecule has 4 heterocycles. The Hall–Kier alpha value is -3.52. The van der Waals surface area contributed by atoms with Crippen LogP contribution in [0.4, 0.5) is 0 Å². The molecule has 1 N–H and O–H groups in total. The van der Waals surface area contributed by atoms with E-state index in [0.717, 1.165) is 34.7 Å². The summed E-state index contributed by atoms with van der Waals surface area (Å²) in [6.07, 6.45) is 1.97. The molecule has 2 aliphatic heterocycles. The second kappa shape index (κ2) is 7.81. The van der Waals surface area contributed by atoms with Gasteiger partial charge in [0.25, 0.3) is 5.56 Å². The van der Waals surface area contributed by atoms with E-state index < -0.39 is 11.6 Å².